The third-order valence-electron chi connectivity index (χ3n) is 3.98. The maximum Gasteiger partial charge on any atom is 0.251 e. The maximum atomic E-state index is 12.4. The molecule has 1 aliphatic heterocycles. The molecule has 3 N–H and O–H groups in total. The van der Waals surface area contributed by atoms with Gasteiger partial charge in [-0.05, 0) is 56.4 Å². The van der Waals surface area contributed by atoms with Crippen LogP contribution >= 0.6 is 0 Å². The van der Waals surface area contributed by atoms with Gasteiger partial charge in [0.2, 0.25) is 10.0 Å². The smallest absolute Gasteiger partial charge is 0.251 e. The molecule has 1 atom stereocenters. The molecule has 7 heteroatoms. The van der Waals surface area contributed by atoms with Crippen LogP contribution in [0.4, 0.5) is 0 Å². The summed E-state index contributed by atoms with van der Waals surface area (Å²) in [6, 6.07) is 3.08. The van der Waals surface area contributed by atoms with E-state index < -0.39 is 10.0 Å². The van der Waals surface area contributed by atoms with Crippen LogP contribution in [0.2, 0.25) is 0 Å². The zero-order chi connectivity index (χ0) is 16.3. The number of benzene rings is 1. The highest BCUT2D eigenvalue weighted by molar-refractivity contribution is 7.89. The monoisotopic (exact) mass is 326 g/mol. The Morgan fingerprint density at radius 3 is 2.68 bits per heavy atom. The summed E-state index contributed by atoms with van der Waals surface area (Å²) in [5.74, 6) is -0.278. The highest BCUT2D eigenvalue weighted by Crippen LogP contribution is 2.20. The van der Waals surface area contributed by atoms with Crippen LogP contribution in [0.25, 0.3) is 0 Å². The van der Waals surface area contributed by atoms with E-state index in [2.05, 4.69) is 5.32 Å². The van der Waals surface area contributed by atoms with Gasteiger partial charge < -0.3 is 10.1 Å². The van der Waals surface area contributed by atoms with E-state index in [-0.39, 0.29) is 16.8 Å². The van der Waals surface area contributed by atoms with Crippen molar-refractivity contribution in [1.29, 1.82) is 0 Å². The lowest BCUT2D eigenvalue weighted by molar-refractivity contribution is 0.0929. The first-order chi connectivity index (χ1) is 10.3. The van der Waals surface area contributed by atoms with Gasteiger partial charge in [-0.1, -0.05) is 0 Å². The van der Waals surface area contributed by atoms with E-state index in [4.69, 9.17) is 9.88 Å². The second-order valence-electron chi connectivity index (χ2n) is 5.67. The van der Waals surface area contributed by atoms with E-state index in [1.165, 1.54) is 6.07 Å². The molecule has 0 aliphatic carbocycles. The summed E-state index contributed by atoms with van der Waals surface area (Å²) in [5, 5.41) is 8.17. The molecular weight excluding hydrogens is 304 g/mol. The van der Waals surface area contributed by atoms with Crippen molar-refractivity contribution in [1.82, 2.24) is 5.32 Å². The highest BCUT2D eigenvalue weighted by Gasteiger charge is 2.20. The van der Waals surface area contributed by atoms with E-state index in [0.717, 1.165) is 24.8 Å². The van der Waals surface area contributed by atoms with Crippen LogP contribution in [-0.4, -0.2) is 33.6 Å². The van der Waals surface area contributed by atoms with Crippen molar-refractivity contribution in [2.45, 2.75) is 44.0 Å². The Morgan fingerprint density at radius 2 is 2.00 bits per heavy atom. The fourth-order valence-electron chi connectivity index (χ4n) is 2.57. The average molecular weight is 326 g/mol. The summed E-state index contributed by atoms with van der Waals surface area (Å²) in [4.78, 5) is 12.4. The van der Waals surface area contributed by atoms with Crippen molar-refractivity contribution in [2.75, 3.05) is 13.2 Å². The quantitative estimate of drug-likeness (QED) is 0.873. The Labute approximate surface area is 131 Å². The minimum absolute atomic E-state index is 0.00171. The van der Waals surface area contributed by atoms with Crippen molar-refractivity contribution in [3.05, 3.63) is 28.8 Å². The van der Waals surface area contributed by atoms with Gasteiger partial charge in [-0.2, -0.15) is 0 Å². The highest BCUT2D eigenvalue weighted by atomic mass is 32.2. The number of ether oxygens (including phenoxy) is 1. The first kappa shape index (κ1) is 16.9. The molecule has 6 nitrogen and oxygen atoms in total. The van der Waals surface area contributed by atoms with Gasteiger partial charge in [0, 0.05) is 24.8 Å². The first-order valence-electron chi connectivity index (χ1n) is 7.31. The molecule has 1 fully saturated rings. The topological polar surface area (TPSA) is 98.5 Å². The number of rotatable bonds is 3. The van der Waals surface area contributed by atoms with Crippen molar-refractivity contribution in [2.24, 2.45) is 5.14 Å². The minimum Gasteiger partial charge on any atom is -0.381 e. The lowest BCUT2D eigenvalue weighted by atomic mass is 10.0. The molecule has 22 heavy (non-hydrogen) atoms. The van der Waals surface area contributed by atoms with Crippen LogP contribution in [0.1, 0.15) is 40.7 Å². The van der Waals surface area contributed by atoms with Crippen LogP contribution in [0.15, 0.2) is 17.0 Å². The SMILES string of the molecule is Cc1cc(C(=O)NC2CCCOCC2)cc(S(N)(=O)=O)c1C. The molecule has 122 valence electrons. The summed E-state index contributed by atoms with van der Waals surface area (Å²) < 4.78 is 28.7. The van der Waals surface area contributed by atoms with Gasteiger partial charge >= 0.3 is 0 Å². The van der Waals surface area contributed by atoms with Crippen molar-refractivity contribution in [3.63, 3.8) is 0 Å². The summed E-state index contributed by atoms with van der Waals surface area (Å²) >= 11 is 0. The van der Waals surface area contributed by atoms with E-state index in [1.54, 1.807) is 19.9 Å². The number of sulfonamides is 1. The molecule has 1 amide bonds. The van der Waals surface area contributed by atoms with Crippen LogP contribution in [0.3, 0.4) is 0 Å². The van der Waals surface area contributed by atoms with Gasteiger partial charge in [-0.25, -0.2) is 13.6 Å². The molecule has 1 unspecified atom stereocenters. The lowest BCUT2D eigenvalue weighted by Gasteiger charge is -2.17. The molecule has 0 bridgehead atoms. The van der Waals surface area contributed by atoms with E-state index in [1.807, 2.05) is 0 Å². The fourth-order valence-corrected chi connectivity index (χ4v) is 3.45. The van der Waals surface area contributed by atoms with Crippen molar-refractivity contribution in [3.8, 4) is 0 Å². The normalized spacial score (nSPS) is 19.5. The molecule has 1 aromatic carbocycles. The zero-order valence-corrected chi connectivity index (χ0v) is 13.7. The van der Waals surface area contributed by atoms with Crippen LogP contribution < -0.4 is 10.5 Å². The summed E-state index contributed by atoms with van der Waals surface area (Å²) in [6.45, 7) is 4.78. The molecule has 1 heterocycles. The third-order valence-corrected chi connectivity index (χ3v) is 5.01. The Morgan fingerprint density at radius 1 is 1.27 bits per heavy atom. The van der Waals surface area contributed by atoms with Crippen LogP contribution in [0, 0.1) is 13.8 Å². The first-order valence-corrected chi connectivity index (χ1v) is 8.86. The summed E-state index contributed by atoms with van der Waals surface area (Å²) in [5.41, 5.74) is 1.61. The van der Waals surface area contributed by atoms with E-state index in [0.29, 0.717) is 24.3 Å². The Hall–Kier alpha value is -1.44. The van der Waals surface area contributed by atoms with Gasteiger partial charge in [0.25, 0.3) is 5.91 Å². The number of carbonyl (C=O) groups is 1. The maximum absolute atomic E-state index is 12.4. The molecule has 1 aromatic rings. The number of nitrogens with two attached hydrogens (primary N) is 1. The Balaban J connectivity index is 2.24. The minimum atomic E-state index is -3.85. The van der Waals surface area contributed by atoms with Gasteiger partial charge in [0.05, 0.1) is 4.90 Å². The zero-order valence-electron chi connectivity index (χ0n) is 12.9. The molecule has 0 aromatic heterocycles. The Kier molecular flexibility index (Phi) is 5.20. The molecule has 1 aliphatic rings. The predicted octanol–water partition coefficient (Wildman–Crippen LogP) is 1.25. The predicted molar refractivity (Wildman–Crippen MR) is 83.2 cm³/mol. The summed E-state index contributed by atoms with van der Waals surface area (Å²) in [6.07, 6.45) is 2.53. The number of nitrogens with one attached hydrogen (secondary N) is 1. The van der Waals surface area contributed by atoms with Crippen molar-refractivity contribution < 1.29 is 17.9 Å². The van der Waals surface area contributed by atoms with Crippen LogP contribution in [-0.2, 0) is 14.8 Å². The largest absolute Gasteiger partial charge is 0.381 e. The number of hydrogen-bond acceptors (Lipinski definition) is 4. The summed E-state index contributed by atoms with van der Waals surface area (Å²) in [7, 11) is -3.85. The molecule has 0 spiro atoms. The second-order valence-corrected chi connectivity index (χ2v) is 7.20. The second kappa shape index (κ2) is 6.76. The number of carbonyl (C=O) groups excluding carboxylic acids is 1. The fraction of sp³-hybridized carbons (Fsp3) is 0.533. The van der Waals surface area contributed by atoms with E-state index in [9.17, 15) is 13.2 Å². The number of primary sulfonamides is 1. The molecule has 0 saturated carbocycles. The Bertz CT molecular complexity index is 662. The van der Waals surface area contributed by atoms with Gasteiger partial charge in [0.15, 0.2) is 0 Å². The third kappa shape index (κ3) is 4.06. The lowest BCUT2D eigenvalue weighted by Crippen LogP contribution is -2.35. The van der Waals surface area contributed by atoms with Crippen molar-refractivity contribution >= 4 is 15.9 Å². The van der Waals surface area contributed by atoms with Gasteiger partial charge in [-0.15, -0.1) is 0 Å². The number of hydrogen-bond donors (Lipinski definition) is 2. The van der Waals surface area contributed by atoms with E-state index >= 15 is 0 Å². The van der Waals surface area contributed by atoms with Gasteiger partial charge in [-0.3, -0.25) is 4.79 Å². The molecule has 1 saturated heterocycles. The average Bonchev–Trinajstić information content (AvgIpc) is 2.68. The number of aryl methyl sites for hydroxylation is 1. The molecular formula is C15H22N2O4S. The molecule has 0 radical (unpaired) electrons. The molecule has 2 rings (SSSR count). The van der Waals surface area contributed by atoms with Gasteiger partial charge in [0.1, 0.15) is 0 Å². The standard InChI is InChI=1S/C15H22N2O4S/c1-10-8-12(9-14(11(10)2)22(16,19)20)15(18)17-13-4-3-6-21-7-5-13/h8-9,13H,3-7H2,1-2H3,(H,17,18)(H2,16,19,20). The van der Waals surface area contributed by atoms with Crippen LogP contribution in [0.5, 0.6) is 0 Å². The number of amides is 1.